The monoisotopic (exact) mass is 194 g/mol. The van der Waals surface area contributed by atoms with Gasteiger partial charge in [-0.1, -0.05) is 0 Å². The molecule has 4 N–H and O–H groups in total. The van der Waals surface area contributed by atoms with E-state index in [2.05, 4.69) is 10.2 Å². The number of aryl methyl sites for hydroxylation is 2. The van der Waals surface area contributed by atoms with Gasteiger partial charge in [0.05, 0.1) is 0 Å². The highest BCUT2D eigenvalue weighted by atomic mass is 15.3. The van der Waals surface area contributed by atoms with Gasteiger partial charge >= 0.3 is 0 Å². The lowest BCUT2D eigenvalue weighted by Crippen LogP contribution is -1.89. The fourth-order valence-corrected chi connectivity index (χ4v) is 0.866. The van der Waals surface area contributed by atoms with E-state index in [0.29, 0.717) is 11.6 Å². The lowest BCUT2D eigenvalue weighted by molar-refractivity contribution is 0.772. The second-order valence-electron chi connectivity index (χ2n) is 2.83. The SMILES string of the molecule is Cn1ccc(N)n1.Cn1ccc(N)n1. The first-order valence-corrected chi connectivity index (χ1v) is 4.08. The van der Waals surface area contributed by atoms with Crippen molar-refractivity contribution in [2.45, 2.75) is 0 Å². The molecule has 0 unspecified atom stereocenters. The summed E-state index contributed by atoms with van der Waals surface area (Å²) in [4.78, 5) is 0. The number of rotatable bonds is 0. The van der Waals surface area contributed by atoms with Gasteiger partial charge in [0.1, 0.15) is 11.6 Å². The van der Waals surface area contributed by atoms with Crippen LogP contribution < -0.4 is 11.5 Å². The summed E-state index contributed by atoms with van der Waals surface area (Å²) in [5.41, 5.74) is 10.5. The molecule has 0 aliphatic heterocycles. The maximum atomic E-state index is 5.25. The van der Waals surface area contributed by atoms with Crippen LogP contribution in [0.3, 0.4) is 0 Å². The van der Waals surface area contributed by atoms with Crippen LogP contribution in [0.4, 0.5) is 11.6 Å². The van der Waals surface area contributed by atoms with Crippen molar-refractivity contribution in [3.8, 4) is 0 Å². The van der Waals surface area contributed by atoms with Crippen LogP contribution in [0.1, 0.15) is 0 Å². The zero-order valence-electron chi connectivity index (χ0n) is 8.25. The molecule has 2 rings (SSSR count). The van der Waals surface area contributed by atoms with Gasteiger partial charge in [-0.15, -0.1) is 0 Å². The van der Waals surface area contributed by atoms with Crippen LogP contribution in [0.15, 0.2) is 24.5 Å². The summed E-state index contributed by atoms with van der Waals surface area (Å²) in [5, 5.41) is 7.61. The highest BCUT2D eigenvalue weighted by Gasteiger charge is 1.83. The average molecular weight is 194 g/mol. The fourth-order valence-electron chi connectivity index (χ4n) is 0.866. The fraction of sp³-hybridized carbons (Fsp3) is 0.250. The molecule has 2 aromatic heterocycles. The van der Waals surface area contributed by atoms with E-state index < -0.39 is 0 Å². The Labute approximate surface area is 82.1 Å². The Balaban J connectivity index is 0.000000140. The molecule has 6 heteroatoms. The van der Waals surface area contributed by atoms with Crippen molar-refractivity contribution in [3.05, 3.63) is 24.5 Å². The first-order valence-electron chi connectivity index (χ1n) is 4.08. The van der Waals surface area contributed by atoms with Crippen LogP contribution in [-0.2, 0) is 14.1 Å². The molecule has 0 radical (unpaired) electrons. The summed E-state index contributed by atoms with van der Waals surface area (Å²) in [6, 6.07) is 3.50. The topological polar surface area (TPSA) is 87.7 Å². The number of nitrogens with zero attached hydrogens (tertiary/aromatic N) is 4. The molecule has 0 amide bonds. The van der Waals surface area contributed by atoms with Gasteiger partial charge < -0.3 is 11.5 Å². The summed E-state index contributed by atoms with van der Waals surface area (Å²) in [5.74, 6) is 1.14. The Morgan fingerprint density at radius 1 is 0.929 bits per heavy atom. The molecule has 0 bridgehead atoms. The summed E-state index contributed by atoms with van der Waals surface area (Å²) < 4.78 is 3.32. The molecule has 0 spiro atoms. The van der Waals surface area contributed by atoms with Gasteiger partial charge in [0.2, 0.25) is 0 Å². The molecule has 2 aromatic rings. The third-order valence-corrected chi connectivity index (χ3v) is 1.47. The summed E-state index contributed by atoms with van der Waals surface area (Å²) in [6.07, 6.45) is 3.60. The van der Waals surface area contributed by atoms with Gasteiger partial charge in [-0.05, 0) is 12.1 Å². The molecule has 76 valence electrons. The van der Waals surface area contributed by atoms with E-state index in [9.17, 15) is 0 Å². The second kappa shape index (κ2) is 4.31. The van der Waals surface area contributed by atoms with E-state index >= 15 is 0 Å². The largest absolute Gasteiger partial charge is 0.382 e. The molecule has 2 heterocycles. The Kier molecular flexibility index (Phi) is 3.11. The minimum atomic E-state index is 0.572. The van der Waals surface area contributed by atoms with Crippen molar-refractivity contribution in [2.75, 3.05) is 11.5 Å². The third-order valence-electron chi connectivity index (χ3n) is 1.47. The van der Waals surface area contributed by atoms with Crippen LogP contribution >= 0.6 is 0 Å². The predicted octanol–water partition coefficient (Wildman–Crippen LogP) is 0.00460. The van der Waals surface area contributed by atoms with Crippen molar-refractivity contribution >= 4 is 11.6 Å². The molecule has 0 fully saturated rings. The summed E-state index contributed by atoms with van der Waals surface area (Å²) in [7, 11) is 3.66. The highest BCUT2D eigenvalue weighted by Crippen LogP contribution is 1.91. The van der Waals surface area contributed by atoms with E-state index in [1.807, 2.05) is 14.1 Å². The molecule has 0 aliphatic carbocycles. The van der Waals surface area contributed by atoms with Crippen LogP contribution in [-0.4, -0.2) is 19.6 Å². The van der Waals surface area contributed by atoms with Crippen LogP contribution in [0.25, 0.3) is 0 Å². The van der Waals surface area contributed by atoms with Crippen LogP contribution in [0.5, 0.6) is 0 Å². The standard InChI is InChI=1S/2C4H7N3/c2*1-7-3-2-4(5)6-7/h2*2-3H,1H3,(H2,5,6). The molecule has 14 heavy (non-hydrogen) atoms. The number of nitrogens with two attached hydrogens (primary N) is 2. The lowest BCUT2D eigenvalue weighted by atomic mass is 10.7. The Hall–Kier alpha value is -1.98. The van der Waals surface area contributed by atoms with Crippen molar-refractivity contribution in [1.29, 1.82) is 0 Å². The number of nitrogen functional groups attached to an aromatic ring is 2. The van der Waals surface area contributed by atoms with Crippen LogP contribution in [0, 0.1) is 0 Å². The molecular weight excluding hydrogens is 180 g/mol. The minimum Gasteiger partial charge on any atom is -0.382 e. The third kappa shape index (κ3) is 3.18. The molecule has 6 nitrogen and oxygen atoms in total. The van der Waals surface area contributed by atoms with E-state index in [1.54, 1.807) is 33.9 Å². The van der Waals surface area contributed by atoms with Gasteiger partial charge in [0.15, 0.2) is 0 Å². The normalized spacial score (nSPS) is 9.29. The van der Waals surface area contributed by atoms with Crippen LogP contribution in [0.2, 0.25) is 0 Å². The van der Waals surface area contributed by atoms with Crippen molar-refractivity contribution < 1.29 is 0 Å². The quantitative estimate of drug-likeness (QED) is 0.618. The number of hydrogen-bond acceptors (Lipinski definition) is 4. The Bertz CT molecular complexity index is 317. The zero-order chi connectivity index (χ0) is 10.6. The van der Waals surface area contributed by atoms with E-state index in [0.717, 1.165) is 0 Å². The number of aromatic nitrogens is 4. The Morgan fingerprint density at radius 3 is 1.36 bits per heavy atom. The van der Waals surface area contributed by atoms with E-state index in [1.165, 1.54) is 0 Å². The van der Waals surface area contributed by atoms with Crippen molar-refractivity contribution in [1.82, 2.24) is 19.6 Å². The molecular formula is C8H14N6. The van der Waals surface area contributed by atoms with E-state index in [-0.39, 0.29) is 0 Å². The van der Waals surface area contributed by atoms with Gasteiger partial charge in [-0.2, -0.15) is 10.2 Å². The minimum absolute atomic E-state index is 0.572. The van der Waals surface area contributed by atoms with Gasteiger partial charge in [0.25, 0.3) is 0 Å². The van der Waals surface area contributed by atoms with Gasteiger partial charge in [-0.3, -0.25) is 9.36 Å². The molecule has 0 aromatic carbocycles. The maximum Gasteiger partial charge on any atom is 0.145 e. The molecule has 0 atom stereocenters. The maximum absolute atomic E-state index is 5.25. The summed E-state index contributed by atoms with van der Waals surface area (Å²) >= 11 is 0. The van der Waals surface area contributed by atoms with E-state index in [4.69, 9.17) is 11.5 Å². The smallest absolute Gasteiger partial charge is 0.145 e. The van der Waals surface area contributed by atoms with Crippen molar-refractivity contribution in [3.63, 3.8) is 0 Å². The first-order chi connectivity index (χ1) is 6.58. The first kappa shape index (κ1) is 10.1. The van der Waals surface area contributed by atoms with Gasteiger partial charge in [-0.25, -0.2) is 0 Å². The second-order valence-corrected chi connectivity index (χ2v) is 2.83. The lowest BCUT2D eigenvalue weighted by Gasteiger charge is -1.79. The average Bonchev–Trinajstić information content (AvgIpc) is 2.63. The summed E-state index contributed by atoms with van der Waals surface area (Å²) in [6.45, 7) is 0. The molecule has 0 saturated carbocycles. The number of hydrogen-bond donors (Lipinski definition) is 2. The zero-order valence-corrected chi connectivity index (χ0v) is 8.25. The van der Waals surface area contributed by atoms with Crippen molar-refractivity contribution in [2.24, 2.45) is 14.1 Å². The molecule has 0 saturated heterocycles. The van der Waals surface area contributed by atoms with Gasteiger partial charge in [0, 0.05) is 26.5 Å². The predicted molar refractivity (Wildman–Crippen MR) is 55.2 cm³/mol. The number of anilines is 2. The molecule has 0 aliphatic rings. The highest BCUT2D eigenvalue weighted by molar-refractivity contribution is 5.23. The Morgan fingerprint density at radius 2 is 1.29 bits per heavy atom.